The second kappa shape index (κ2) is 11.2. The van der Waals surface area contributed by atoms with Crippen molar-refractivity contribution in [1.82, 2.24) is 9.88 Å². The minimum absolute atomic E-state index is 0. The number of aryl methyl sites for hydroxylation is 1. The molecule has 0 amide bonds. The van der Waals surface area contributed by atoms with Gasteiger partial charge in [0.25, 0.3) is 0 Å². The molecule has 1 N–H and O–H groups in total. The zero-order valence-corrected chi connectivity index (χ0v) is 21.5. The third kappa shape index (κ3) is 6.38. The highest BCUT2D eigenvalue weighted by atomic mass is 35.5. The highest BCUT2D eigenvalue weighted by Crippen LogP contribution is 2.27. The Balaban J connectivity index is 0.00000385. The summed E-state index contributed by atoms with van der Waals surface area (Å²) in [6, 6.07) is 15.5. The first kappa shape index (κ1) is 26.9. The van der Waals surface area contributed by atoms with Crippen LogP contribution in [0.1, 0.15) is 34.1 Å². The summed E-state index contributed by atoms with van der Waals surface area (Å²) in [6.07, 6.45) is 1.76. The fourth-order valence-electron chi connectivity index (χ4n) is 3.54. The number of benzene rings is 2. The Bertz CT molecular complexity index is 1180. The number of sulfonamides is 1. The van der Waals surface area contributed by atoms with Crippen molar-refractivity contribution in [2.24, 2.45) is 0 Å². The molecule has 0 aliphatic heterocycles. The molecule has 1 unspecified atom stereocenters. The van der Waals surface area contributed by atoms with Gasteiger partial charge in [-0.05, 0) is 82.0 Å². The van der Waals surface area contributed by atoms with E-state index in [0.29, 0.717) is 28.4 Å². The number of hydrogen-bond acceptors (Lipinski definition) is 4. The Morgan fingerprint density at radius 2 is 1.76 bits per heavy atom. The normalized spacial score (nSPS) is 12.3. The molecule has 1 atom stereocenters. The van der Waals surface area contributed by atoms with E-state index in [4.69, 9.17) is 11.6 Å². The van der Waals surface area contributed by atoms with Crippen LogP contribution in [0.15, 0.2) is 60.8 Å². The number of carbonyl (C=O) groups excluding carboxylic acids is 1. The van der Waals surface area contributed by atoms with Gasteiger partial charge in [-0.3, -0.25) is 9.10 Å². The number of nitrogens with zero attached hydrogens (tertiary/aromatic N) is 2. The third-order valence-electron chi connectivity index (χ3n) is 5.27. The lowest BCUT2D eigenvalue weighted by Gasteiger charge is -2.29. The summed E-state index contributed by atoms with van der Waals surface area (Å²) in [5, 5.41) is -0.0886. The van der Waals surface area contributed by atoms with Crippen molar-refractivity contribution >= 4 is 45.5 Å². The summed E-state index contributed by atoms with van der Waals surface area (Å²) >= 11 is 5.95. The lowest BCUT2D eigenvalue weighted by Crippen LogP contribution is -2.41. The van der Waals surface area contributed by atoms with Gasteiger partial charge in [-0.2, -0.15) is 0 Å². The van der Waals surface area contributed by atoms with Gasteiger partial charge < -0.3 is 9.88 Å². The van der Waals surface area contributed by atoms with E-state index in [1.807, 2.05) is 38.1 Å². The van der Waals surface area contributed by atoms with Crippen LogP contribution in [0.2, 0.25) is 5.02 Å². The van der Waals surface area contributed by atoms with Gasteiger partial charge in [0.1, 0.15) is 0 Å². The molecular formula is C24H29Cl2N3O3S. The second-order valence-electron chi connectivity index (χ2n) is 8.16. The van der Waals surface area contributed by atoms with Gasteiger partial charge in [0.05, 0.1) is 17.5 Å². The van der Waals surface area contributed by atoms with Gasteiger partial charge in [-0.15, -0.1) is 12.4 Å². The molecule has 3 aromatic rings. The maximum Gasteiger partial charge on any atom is 0.239 e. The molecule has 0 aliphatic rings. The summed E-state index contributed by atoms with van der Waals surface area (Å²) in [4.78, 5) is 18.1. The Kier molecular flexibility index (Phi) is 9.14. The van der Waals surface area contributed by atoms with Gasteiger partial charge in [0.15, 0.2) is 5.78 Å². The SMILES string of the molecule is Cc1ccc(N(Cc2ccc[nH]2)S(=O)(=O)C(C)CN(C)C)cc1C(=O)c1ccc(Cl)cc1.Cl. The zero-order chi connectivity index (χ0) is 23.5. The number of H-pyrrole nitrogens is 1. The van der Waals surface area contributed by atoms with Crippen LogP contribution in [-0.4, -0.2) is 50.0 Å². The molecule has 0 radical (unpaired) electrons. The van der Waals surface area contributed by atoms with Crippen LogP contribution in [0.3, 0.4) is 0 Å². The topological polar surface area (TPSA) is 73.5 Å². The van der Waals surface area contributed by atoms with E-state index in [1.54, 1.807) is 55.6 Å². The van der Waals surface area contributed by atoms with Crippen molar-refractivity contribution in [2.75, 3.05) is 24.9 Å². The van der Waals surface area contributed by atoms with Crippen LogP contribution in [0.4, 0.5) is 5.69 Å². The molecule has 0 saturated carbocycles. The summed E-state index contributed by atoms with van der Waals surface area (Å²) in [5.41, 5.74) is 2.93. The Hall–Kier alpha value is -2.32. The number of aromatic amines is 1. The molecule has 0 fully saturated rings. The summed E-state index contributed by atoms with van der Waals surface area (Å²) in [7, 11) is -0.0212. The van der Waals surface area contributed by atoms with Crippen LogP contribution in [-0.2, 0) is 16.6 Å². The average molecular weight is 510 g/mol. The molecule has 2 aromatic carbocycles. The van der Waals surface area contributed by atoms with Gasteiger partial charge >= 0.3 is 0 Å². The van der Waals surface area contributed by atoms with Crippen LogP contribution in [0.5, 0.6) is 0 Å². The number of rotatable bonds is 9. The van der Waals surface area contributed by atoms with Crippen LogP contribution >= 0.6 is 24.0 Å². The van der Waals surface area contributed by atoms with E-state index < -0.39 is 15.3 Å². The summed E-state index contributed by atoms with van der Waals surface area (Å²) in [6.45, 7) is 4.06. The summed E-state index contributed by atoms with van der Waals surface area (Å²) in [5.74, 6) is -0.181. The molecule has 1 aromatic heterocycles. The molecule has 1 heterocycles. The minimum atomic E-state index is -3.71. The van der Waals surface area contributed by atoms with Crippen molar-refractivity contribution in [2.45, 2.75) is 25.6 Å². The molecule has 178 valence electrons. The molecule has 3 rings (SSSR count). The number of nitrogens with one attached hydrogen (secondary N) is 1. The first-order valence-electron chi connectivity index (χ1n) is 10.3. The maximum absolute atomic E-state index is 13.6. The number of carbonyl (C=O) groups is 1. The number of hydrogen-bond donors (Lipinski definition) is 1. The van der Waals surface area contributed by atoms with Crippen molar-refractivity contribution < 1.29 is 13.2 Å². The molecule has 0 saturated heterocycles. The quantitative estimate of drug-likeness (QED) is 0.415. The standard InChI is InChI=1S/C24H28ClN3O3S.ClH/c1-17-7-12-22(14-23(17)24(29)19-8-10-20(25)11-9-19)28(16-21-6-5-13-26-21)32(30,31)18(2)15-27(3)4;/h5-14,18,26H,15-16H2,1-4H3;1H. The smallest absolute Gasteiger partial charge is 0.239 e. The molecule has 33 heavy (non-hydrogen) atoms. The lowest BCUT2D eigenvalue weighted by atomic mass is 9.98. The van der Waals surface area contributed by atoms with E-state index in [1.165, 1.54) is 4.31 Å². The highest BCUT2D eigenvalue weighted by molar-refractivity contribution is 7.93. The Morgan fingerprint density at radius 1 is 1.09 bits per heavy atom. The van der Waals surface area contributed by atoms with E-state index >= 15 is 0 Å². The molecule has 6 nitrogen and oxygen atoms in total. The zero-order valence-electron chi connectivity index (χ0n) is 19.1. The Morgan fingerprint density at radius 3 is 2.33 bits per heavy atom. The molecule has 0 spiro atoms. The van der Waals surface area contributed by atoms with Gasteiger partial charge in [0.2, 0.25) is 10.0 Å². The van der Waals surface area contributed by atoms with Gasteiger partial charge in [-0.25, -0.2) is 8.42 Å². The van der Waals surface area contributed by atoms with Gasteiger partial charge in [-0.1, -0.05) is 17.7 Å². The minimum Gasteiger partial charge on any atom is -0.363 e. The van der Waals surface area contributed by atoms with Crippen molar-refractivity contribution in [1.29, 1.82) is 0 Å². The number of aromatic nitrogens is 1. The van der Waals surface area contributed by atoms with E-state index in [-0.39, 0.29) is 24.7 Å². The van der Waals surface area contributed by atoms with Crippen LogP contribution < -0.4 is 4.31 Å². The van der Waals surface area contributed by atoms with Crippen molar-refractivity contribution in [3.8, 4) is 0 Å². The highest BCUT2D eigenvalue weighted by Gasteiger charge is 2.30. The van der Waals surface area contributed by atoms with E-state index in [0.717, 1.165) is 11.3 Å². The van der Waals surface area contributed by atoms with Gasteiger partial charge in [0, 0.05) is 34.6 Å². The molecular weight excluding hydrogens is 481 g/mol. The number of halogens is 2. The molecule has 0 bridgehead atoms. The monoisotopic (exact) mass is 509 g/mol. The maximum atomic E-state index is 13.6. The fourth-order valence-corrected chi connectivity index (χ4v) is 5.31. The van der Waals surface area contributed by atoms with E-state index in [9.17, 15) is 13.2 Å². The first-order valence-corrected chi connectivity index (χ1v) is 12.2. The van der Waals surface area contributed by atoms with Crippen molar-refractivity contribution in [3.05, 3.63) is 88.2 Å². The molecule has 0 aliphatic carbocycles. The predicted molar refractivity (Wildman–Crippen MR) is 137 cm³/mol. The summed E-state index contributed by atoms with van der Waals surface area (Å²) < 4.78 is 28.5. The first-order chi connectivity index (χ1) is 15.1. The fraction of sp³-hybridized carbons (Fsp3) is 0.292. The van der Waals surface area contributed by atoms with Crippen LogP contribution in [0.25, 0.3) is 0 Å². The Labute approximate surface area is 207 Å². The third-order valence-corrected chi connectivity index (χ3v) is 7.65. The number of ketones is 1. The van der Waals surface area contributed by atoms with E-state index in [2.05, 4.69) is 4.98 Å². The largest absolute Gasteiger partial charge is 0.363 e. The van der Waals surface area contributed by atoms with Crippen LogP contribution in [0, 0.1) is 6.92 Å². The molecule has 9 heteroatoms. The average Bonchev–Trinajstić information content (AvgIpc) is 3.25. The predicted octanol–water partition coefficient (Wildman–Crippen LogP) is 4.92. The lowest BCUT2D eigenvalue weighted by molar-refractivity contribution is 0.103. The second-order valence-corrected chi connectivity index (χ2v) is 10.9. The van der Waals surface area contributed by atoms with Crippen molar-refractivity contribution in [3.63, 3.8) is 0 Å². The number of anilines is 1.